The third-order valence-corrected chi connectivity index (χ3v) is 5.25. The van der Waals surface area contributed by atoms with E-state index in [0.717, 1.165) is 6.54 Å². The molecule has 1 rings (SSSR count). The van der Waals surface area contributed by atoms with Crippen LogP contribution in [0.25, 0.3) is 0 Å². The zero-order valence-electron chi connectivity index (χ0n) is 19.4. The molecule has 0 bridgehead atoms. The molecule has 0 aromatic rings. The zero-order valence-corrected chi connectivity index (χ0v) is 19.4. The van der Waals surface area contributed by atoms with E-state index in [1.165, 1.54) is 58.7 Å². The maximum Gasteiger partial charge on any atom is 0.0130 e. The SMILES string of the molecule is CC(C)(C)NCCCN1CCN(CCCN(C(C)(C)C)C(C)(C)C)CC1. The predicted octanol–water partition coefficient (Wildman–Crippen LogP) is 3.67. The monoisotopic (exact) mass is 368 g/mol. The van der Waals surface area contributed by atoms with Crippen molar-refractivity contribution in [1.82, 2.24) is 20.0 Å². The molecule has 0 radical (unpaired) electrons. The molecule has 0 unspecified atom stereocenters. The summed E-state index contributed by atoms with van der Waals surface area (Å²) in [5.41, 5.74) is 0.711. The number of piperazine rings is 1. The summed E-state index contributed by atoms with van der Waals surface area (Å²) in [6, 6.07) is 0. The lowest BCUT2D eigenvalue weighted by molar-refractivity contribution is 0.0322. The summed E-state index contributed by atoms with van der Waals surface area (Å²) in [6.07, 6.45) is 2.52. The van der Waals surface area contributed by atoms with E-state index >= 15 is 0 Å². The Labute approximate surface area is 164 Å². The molecule has 1 saturated heterocycles. The molecule has 0 aromatic heterocycles. The van der Waals surface area contributed by atoms with Crippen molar-refractivity contribution in [3.05, 3.63) is 0 Å². The van der Waals surface area contributed by atoms with E-state index in [-0.39, 0.29) is 16.6 Å². The second-order valence-electron chi connectivity index (χ2n) is 11.1. The summed E-state index contributed by atoms with van der Waals surface area (Å²) in [6.45, 7) is 30.5. The first-order valence-electron chi connectivity index (χ1n) is 10.8. The van der Waals surface area contributed by atoms with Gasteiger partial charge in [0, 0.05) is 49.3 Å². The summed E-state index contributed by atoms with van der Waals surface area (Å²) >= 11 is 0. The first-order valence-corrected chi connectivity index (χ1v) is 10.8. The fraction of sp³-hybridized carbons (Fsp3) is 1.00. The molecule has 0 aromatic carbocycles. The Morgan fingerprint density at radius 2 is 1.12 bits per heavy atom. The molecule has 1 N–H and O–H groups in total. The highest BCUT2D eigenvalue weighted by Gasteiger charge is 2.30. The molecule has 4 heteroatoms. The molecule has 0 saturated carbocycles. The van der Waals surface area contributed by atoms with Gasteiger partial charge in [0.25, 0.3) is 0 Å². The van der Waals surface area contributed by atoms with Crippen molar-refractivity contribution in [3.8, 4) is 0 Å². The fourth-order valence-corrected chi connectivity index (χ4v) is 4.13. The first-order chi connectivity index (χ1) is 11.8. The first kappa shape index (κ1) is 23.9. The van der Waals surface area contributed by atoms with Gasteiger partial charge in [-0.25, -0.2) is 0 Å². The van der Waals surface area contributed by atoms with Gasteiger partial charge in [-0.05, 0) is 94.8 Å². The molecule has 1 fully saturated rings. The van der Waals surface area contributed by atoms with Gasteiger partial charge in [0.2, 0.25) is 0 Å². The topological polar surface area (TPSA) is 21.8 Å². The number of hydrogen-bond acceptors (Lipinski definition) is 4. The molecular formula is C22H48N4. The van der Waals surface area contributed by atoms with Gasteiger partial charge >= 0.3 is 0 Å². The zero-order chi connectivity index (χ0) is 20.0. The molecule has 4 nitrogen and oxygen atoms in total. The van der Waals surface area contributed by atoms with Gasteiger partial charge < -0.3 is 15.1 Å². The molecule has 26 heavy (non-hydrogen) atoms. The van der Waals surface area contributed by atoms with Crippen LogP contribution in [0.2, 0.25) is 0 Å². The van der Waals surface area contributed by atoms with Gasteiger partial charge in [0.1, 0.15) is 0 Å². The summed E-state index contributed by atoms with van der Waals surface area (Å²) < 4.78 is 0. The Hall–Kier alpha value is -0.160. The van der Waals surface area contributed by atoms with Crippen molar-refractivity contribution in [2.24, 2.45) is 0 Å². The van der Waals surface area contributed by atoms with Crippen molar-refractivity contribution in [2.75, 3.05) is 52.4 Å². The highest BCUT2D eigenvalue weighted by Crippen LogP contribution is 2.24. The van der Waals surface area contributed by atoms with Crippen molar-refractivity contribution in [1.29, 1.82) is 0 Å². The molecule has 1 aliphatic heterocycles. The molecule has 156 valence electrons. The van der Waals surface area contributed by atoms with Crippen LogP contribution in [-0.2, 0) is 0 Å². The third kappa shape index (κ3) is 9.68. The van der Waals surface area contributed by atoms with E-state index in [9.17, 15) is 0 Å². The van der Waals surface area contributed by atoms with Crippen LogP contribution in [0, 0.1) is 0 Å². The number of nitrogens with one attached hydrogen (secondary N) is 1. The average molecular weight is 369 g/mol. The summed E-state index contributed by atoms with van der Waals surface area (Å²) in [4.78, 5) is 7.95. The molecule has 0 aliphatic carbocycles. The minimum Gasteiger partial charge on any atom is -0.312 e. The van der Waals surface area contributed by atoms with E-state index in [1.807, 2.05) is 0 Å². The summed E-state index contributed by atoms with van der Waals surface area (Å²) in [5.74, 6) is 0. The van der Waals surface area contributed by atoms with Crippen LogP contribution in [0.3, 0.4) is 0 Å². The largest absolute Gasteiger partial charge is 0.312 e. The van der Waals surface area contributed by atoms with Gasteiger partial charge in [0.15, 0.2) is 0 Å². The van der Waals surface area contributed by atoms with Crippen LogP contribution in [0.4, 0.5) is 0 Å². The predicted molar refractivity (Wildman–Crippen MR) is 116 cm³/mol. The second kappa shape index (κ2) is 9.86. The minimum atomic E-state index is 0.234. The number of hydrogen-bond donors (Lipinski definition) is 1. The number of rotatable bonds is 8. The fourth-order valence-electron chi connectivity index (χ4n) is 4.13. The van der Waals surface area contributed by atoms with E-state index in [4.69, 9.17) is 0 Å². The van der Waals surface area contributed by atoms with Crippen molar-refractivity contribution in [2.45, 2.75) is 91.8 Å². The van der Waals surface area contributed by atoms with Crippen LogP contribution >= 0.6 is 0 Å². The molecule has 1 aliphatic rings. The number of nitrogens with zero attached hydrogens (tertiary/aromatic N) is 3. The van der Waals surface area contributed by atoms with E-state index in [0.29, 0.717) is 0 Å². The Balaban J connectivity index is 2.22. The molecule has 0 spiro atoms. The Kier molecular flexibility index (Phi) is 9.06. The maximum atomic E-state index is 3.59. The van der Waals surface area contributed by atoms with Crippen LogP contribution in [0.1, 0.15) is 75.2 Å². The smallest absolute Gasteiger partial charge is 0.0130 e. The van der Waals surface area contributed by atoms with Crippen molar-refractivity contribution < 1.29 is 0 Å². The minimum absolute atomic E-state index is 0.234. The van der Waals surface area contributed by atoms with Crippen LogP contribution < -0.4 is 5.32 Å². The maximum absolute atomic E-state index is 3.59. The van der Waals surface area contributed by atoms with Gasteiger partial charge in [-0.1, -0.05) is 0 Å². The molecular weight excluding hydrogens is 320 g/mol. The van der Waals surface area contributed by atoms with Crippen LogP contribution in [0.15, 0.2) is 0 Å². The molecule has 0 amide bonds. The summed E-state index contributed by atoms with van der Waals surface area (Å²) in [5, 5.41) is 3.59. The van der Waals surface area contributed by atoms with E-state index < -0.39 is 0 Å². The standard InChI is InChI=1S/C22H48N4/c1-20(2,3)23-12-10-13-24-16-18-25(19-17-24)14-11-15-26(21(4,5)6)22(7,8)9/h23H,10-19H2,1-9H3. The normalized spacial score (nSPS) is 18.7. The van der Waals surface area contributed by atoms with Crippen molar-refractivity contribution >= 4 is 0 Å². The summed E-state index contributed by atoms with van der Waals surface area (Å²) in [7, 11) is 0. The Morgan fingerprint density at radius 3 is 1.50 bits per heavy atom. The average Bonchev–Trinajstić information content (AvgIpc) is 2.46. The van der Waals surface area contributed by atoms with Gasteiger partial charge in [-0.15, -0.1) is 0 Å². The van der Waals surface area contributed by atoms with Gasteiger partial charge in [-0.3, -0.25) is 4.90 Å². The molecule has 1 heterocycles. The van der Waals surface area contributed by atoms with Gasteiger partial charge in [-0.2, -0.15) is 0 Å². The van der Waals surface area contributed by atoms with Crippen LogP contribution in [-0.4, -0.2) is 83.7 Å². The lowest BCUT2D eigenvalue weighted by atomic mass is 9.95. The highest BCUT2D eigenvalue weighted by atomic mass is 15.3. The lowest BCUT2D eigenvalue weighted by Crippen LogP contribution is -2.53. The van der Waals surface area contributed by atoms with Gasteiger partial charge in [0.05, 0.1) is 0 Å². The highest BCUT2D eigenvalue weighted by molar-refractivity contribution is 4.87. The van der Waals surface area contributed by atoms with Crippen LogP contribution in [0.5, 0.6) is 0 Å². The Bertz CT molecular complexity index is 364. The Morgan fingerprint density at radius 1 is 0.692 bits per heavy atom. The molecule has 0 atom stereocenters. The second-order valence-corrected chi connectivity index (χ2v) is 11.1. The lowest BCUT2D eigenvalue weighted by Gasteiger charge is -2.46. The van der Waals surface area contributed by atoms with E-state index in [2.05, 4.69) is 82.3 Å². The van der Waals surface area contributed by atoms with E-state index in [1.54, 1.807) is 0 Å². The third-order valence-electron chi connectivity index (χ3n) is 5.25. The quantitative estimate of drug-likeness (QED) is 0.660. The van der Waals surface area contributed by atoms with Crippen molar-refractivity contribution in [3.63, 3.8) is 0 Å².